The zero-order valence-electron chi connectivity index (χ0n) is 20.2. The fourth-order valence-electron chi connectivity index (χ4n) is 5.19. The number of rotatable bonds is 8. The van der Waals surface area contributed by atoms with Crippen LogP contribution >= 0.6 is 0 Å². The zero-order chi connectivity index (χ0) is 24.7. The lowest BCUT2D eigenvalue weighted by atomic mass is 9.68. The molecule has 8 nitrogen and oxygen atoms in total. The standard InChI is InChI=1S/C27H35N3O5/c1-34-23-12-6-5-10-21(23)24(31)29-18-27(19-8-3-2-4-9-19)15-13-20(14-16-27)35-26(33)30-25(32)22-11-7-17-28-22/h2-6,8-10,12,20,22,25,28,32H,7,11,13-18H2,1H3,(H,29,31)(H,30,33)/t20?,22-,25?,27?/m1/s1. The number of alkyl carbamates (subject to hydrolysis) is 1. The molecular weight excluding hydrogens is 446 g/mol. The predicted octanol–water partition coefficient (Wildman–Crippen LogP) is 3.10. The molecular formula is C27H35N3O5. The molecule has 1 saturated carbocycles. The monoisotopic (exact) mass is 481 g/mol. The van der Waals surface area contributed by atoms with Gasteiger partial charge in [-0.15, -0.1) is 0 Å². The van der Waals surface area contributed by atoms with Gasteiger partial charge in [0.25, 0.3) is 5.91 Å². The lowest BCUT2D eigenvalue weighted by Crippen LogP contribution is -2.49. The van der Waals surface area contributed by atoms with Gasteiger partial charge in [-0.1, -0.05) is 42.5 Å². The van der Waals surface area contributed by atoms with Crippen LogP contribution in [-0.4, -0.2) is 55.7 Å². The van der Waals surface area contributed by atoms with Crippen molar-refractivity contribution in [3.8, 4) is 5.75 Å². The van der Waals surface area contributed by atoms with Gasteiger partial charge in [0.1, 0.15) is 18.1 Å². The highest BCUT2D eigenvalue weighted by Crippen LogP contribution is 2.40. The van der Waals surface area contributed by atoms with E-state index in [0.717, 1.165) is 37.8 Å². The summed E-state index contributed by atoms with van der Waals surface area (Å²) in [6.45, 7) is 1.31. The number of aliphatic hydroxyl groups excluding tert-OH is 1. The van der Waals surface area contributed by atoms with Crippen LogP contribution in [-0.2, 0) is 10.2 Å². The maximum Gasteiger partial charge on any atom is 0.409 e. The van der Waals surface area contributed by atoms with Crippen molar-refractivity contribution in [2.45, 2.75) is 62.3 Å². The Kier molecular flexibility index (Phi) is 8.25. The number of hydrogen-bond acceptors (Lipinski definition) is 6. The molecule has 1 aliphatic heterocycles. The molecule has 1 saturated heterocycles. The second-order valence-corrected chi connectivity index (χ2v) is 9.43. The zero-order valence-corrected chi connectivity index (χ0v) is 20.2. The number of aliphatic hydroxyl groups is 1. The third kappa shape index (κ3) is 6.13. The Morgan fingerprint density at radius 3 is 2.49 bits per heavy atom. The van der Waals surface area contributed by atoms with E-state index in [1.807, 2.05) is 30.3 Å². The number of amides is 2. The van der Waals surface area contributed by atoms with Crippen LogP contribution in [0, 0.1) is 0 Å². The molecule has 1 unspecified atom stereocenters. The average molecular weight is 482 g/mol. The van der Waals surface area contributed by atoms with Gasteiger partial charge in [-0.2, -0.15) is 0 Å². The quantitative estimate of drug-likeness (QED) is 0.432. The van der Waals surface area contributed by atoms with Crippen molar-refractivity contribution in [2.75, 3.05) is 20.2 Å². The molecule has 0 radical (unpaired) electrons. The molecule has 1 aliphatic carbocycles. The van der Waals surface area contributed by atoms with Crippen molar-refractivity contribution < 1.29 is 24.2 Å². The lowest BCUT2D eigenvalue weighted by molar-refractivity contribution is 0.0354. The van der Waals surface area contributed by atoms with E-state index in [2.05, 4.69) is 28.1 Å². The summed E-state index contributed by atoms with van der Waals surface area (Å²) in [5, 5.41) is 19.1. The van der Waals surface area contributed by atoms with E-state index in [4.69, 9.17) is 9.47 Å². The molecule has 35 heavy (non-hydrogen) atoms. The molecule has 8 heteroatoms. The van der Waals surface area contributed by atoms with E-state index in [1.54, 1.807) is 19.2 Å². The lowest BCUT2D eigenvalue weighted by Gasteiger charge is -2.40. The first-order chi connectivity index (χ1) is 17.0. The number of ether oxygens (including phenoxy) is 2. The van der Waals surface area contributed by atoms with Gasteiger partial charge < -0.3 is 25.2 Å². The Bertz CT molecular complexity index is 985. The molecule has 2 aromatic rings. The minimum absolute atomic E-state index is 0.133. The van der Waals surface area contributed by atoms with Crippen LogP contribution in [0.2, 0.25) is 0 Å². The van der Waals surface area contributed by atoms with E-state index in [1.165, 1.54) is 0 Å². The smallest absolute Gasteiger partial charge is 0.409 e. The van der Waals surface area contributed by atoms with Gasteiger partial charge in [-0.25, -0.2) is 4.79 Å². The molecule has 2 fully saturated rings. The highest BCUT2D eigenvalue weighted by Gasteiger charge is 2.38. The maximum atomic E-state index is 13.0. The van der Waals surface area contributed by atoms with Crippen molar-refractivity contribution in [1.82, 2.24) is 16.0 Å². The first kappa shape index (κ1) is 25.0. The topological polar surface area (TPSA) is 109 Å². The number of benzene rings is 2. The van der Waals surface area contributed by atoms with E-state index < -0.39 is 12.3 Å². The van der Waals surface area contributed by atoms with Crippen molar-refractivity contribution in [3.05, 3.63) is 65.7 Å². The Morgan fingerprint density at radius 2 is 1.80 bits per heavy atom. The molecule has 0 spiro atoms. The summed E-state index contributed by atoms with van der Waals surface area (Å²) in [6.07, 6.45) is 2.88. The van der Waals surface area contributed by atoms with Gasteiger partial charge in [0.15, 0.2) is 0 Å². The first-order valence-electron chi connectivity index (χ1n) is 12.4. The average Bonchev–Trinajstić information content (AvgIpc) is 3.44. The molecule has 2 amide bonds. The third-order valence-electron chi connectivity index (χ3n) is 7.23. The van der Waals surface area contributed by atoms with Crippen LogP contribution in [0.3, 0.4) is 0 Å². The van der Waals surface area contributed by atoms with E-state index in [9.17, 15) is 14.7 Å². The highest BCUT2D eigenvalue weighted by molar-refractivity contribution is 5.97. The van der Waals surface area contributed by atoms with Gasteiger partial charge in [0.2, 0.25) is 0 Å². The van der Waals surface area contributed by atoms with Crippen LogP contribution in [0.5, 0.6) is 5.75 Å². The highest BCUT2D eigenvalue weighted by atomic mass is 16.6. The van der Waals surface area contributed by atoms with Crippen LogP contribution in [0.25, 0.3) is 0 Å². The van der Waals surface area contributed by atoms with Crippen LogP contribution in [0.15, 0.2) is 54.6 Å². The van der Waals surface area contributed by atoms with Crippen LogP contribution < -0.4 is 20.7 Å². The minimum Gasteiger partial charge on any atom is -0.496 e. The van der Waals surface area contributed by atoms with Gasteiger partial charge in [0, 0.05) is 12.0 Å². The molecule has 1 heterocycles. The van der Waals surface area contributed by atoms with Crippen molar-refractivity contribution in [2.24, 2.45) is 0 Å². The summed E-state index contributed by atoms with van der Waals surface area (Å²) in [5.74, 6) is 0.363. The van der Waals surface area contributed by atoms with Crippen molar-refractivity contribution in [3.63, 3.8) is 0 Å². The summed E-state index contributed by atoms with van der Waals surface area (Å²) < 4.78 is 11.0. The Labute approximate surface area is 206 Å². The summed E-state index contributed by atoms with van der Waals surface area (Å²) in [7, 11) is 1.55. The molecule has 2 aliphatic rings. The molecule has 4 N–H and O–H groups in total. The number of carbonyl (C=O) groups excluding carboxylic acids is 2. The van der Waals surface area contributed by atoms with E-state index in [-0.39, 0.29) is 23.5 Å². The summed E-state index contributed by atoms with van der Waals surface area (Å²) in [4.78, 5) is 25.3. The number of hydrogen-bond donors (Lipinski definition) is 4. The minimum atomic E-state index is -0.956. The fraction of sp³-hybridized carbons (Fsp3) is 0.481. The molecule has 0 bridgehead atoms. The fourth-order valence-corrected chi connectivity index (χ4v) is 5.19. The molecule has 0 aromatic heterocycles. The van der Waals surface area contributed by atoms with Gasteiger partial charge in [-0.05, 0) is 62.8 Å². The maximum absolute atomic E-state index is 13.0. The number of nitrogens with one attached hydrogen (secondary N) is 3. The first-order valence-corrected chi connectivity index (χ1v) is 12.4. The SMILES string of the molecule is COc1ccccc1C(=O)NCC1(c2ccccc2)CCC(OC(=O)NC(O)[C@H]2CCCN2)CC1. The second kappa shape index (κ2) is 11.6. The summed E-state index contributed by atoms with van der Waals surface area (Å²) in [6, 6.07) is 17.2. The molecule has 188 valence electrons. The molecule has 4 rings (SSSR count). The number of carbonyl (C=O) groups is 2. The second-order valence-electron chi connectivity index (χ2n) is 9.43. The van der Waals surface area contributed by atoms with Gasteiger partial charge in [0.05, 0.1) is 18.7 Å². The summed E-state index contributed by atoms with van der Waals surface area (Å²) >= 11 is 0. The summed E-state index contributed by atoms with van der Waals surface area (Å²) in [5.41, 5.74) is 1.40. The van der Waals surface area contributed by atoms with Crippen molar-refractivity contribution >= 4 is 12.0 Å². The van der Waals surface area contributed by atoms with Gasteiger partial charge >= 0.3 is 6.09 Å². The van der Waals surface area contributed by atoms with Crippen molar-refractivity contribution in [1.29, 1.82) is 0 Å². The van der Waals surface area contributed by atoms with Crippen LogP contribution in [0.4, 0.5) is 4.79 Å². The predicted molar refractivity (Wildman–Crippen MR) is 132 cm³/mol. The van der Waals surface area contributed by atoms with Crippen LogP contribution in [0.1, 0.15) is 54.4 Å². The molecule has 2 atom stereocenters. The normalized spacial score (nSPS) is 24.9. The number of para-hydroxylation sites is 1. The Hall–Kier alpha value is -3.10. The molecule has 2 aromatic carbocycles. The largest absolute Gasteiger partial charge is 0.496 e. The third-order valence-corrected chi connectivity index (χ3v) is 7.23. The number of methoxy groups -OCH3 is 1. The Morgan fingerprint density at radius 1 is 1.09 bits per heavy atom. The van der Waals surface area contributed by atoms with Gasteiger partial charge in [-0.3, -0.25) is 10.1 Å². The van der Waals surface area contributed by atoms with E-state index >= 15 is 0 Å². The van der Waals surface area contributed by atoms with E-state index in [0.29, 0.717) is 30.7 Å². The Balaban J connectivity index is 1.37.